The normalized spacial score (nSPS) is 12.8. The standard InChI is InChI=1S/C23H25N3O/c1-17(2)22(26-14-13-24-16-26)20-9-11-21(12-10-20)25-23(27)18(3)15-19-7-5-4-6-8-19/h4-17,22H,1-3H3,(H,25,27). The minimum Gasteiger partial charge on any atom is -0.330 e. The number of hydrogen-bond acceptors (Lipinski definition) is 2. The lowest BCUT2D eigenvalue weighted by molar-refractivity contribution is -0.112. The van der Waals surface area contributed by atoms with E-state index in [0.29, 0.717) is 11.5 Å². The summed E-state index contributed by atoms with van der Waals surface area (Å²) in [6, 6.07) is 18.1. The molecule has 1 aromatic heterocycles. The molecule has 3 aromatic rings. The van der Waals surface area contributed by atoms with Gasteiger partial charge in [0.2, 0.25) is 0 Å². The average Bonchev–Trinajstić information content (AvgIpc) is 3.18. The van der Waals surface area contributed by atoms with Gasteiger partial charge in [0, 0.05) is 23.7 Å². The Hall–Kier alpha value is -3.14. The third kappa shape index (κ3) is 4.73. The Morgan fingerprint density at radius 3 is 2.37 bits per heavy atom. The SMILES string of the molecule is CC(=Cc1ccccc1)C(=O)Nc1ccc(C(C(C)C)n2ccnc2)cc1. The van der Waals surface area contributed by atoms with Crippen molar-refractivity contribution in [2.24, 2.45) is 5.92 Å². The first-order valence-corrected chi connectivity index (χ1v) is 9.16. The Labute approximate surface area is 160 Å². The summed E-state index contributed by atoms with van der Waals surface area (Å²) in [7, 11) is 0. The van der Waals surface area contributed by atoms with Gasteiger partial charge in [0.05, 0.1) is 12.4 Å². The molecule has 1 amide bonds. The minimum atomic E-state index is -0.0957. The van der Waals surface area contributed by atoms with Crippen molar-refractivity contribution in [2.45, 2.75) is 26.8 Å². The van der Waals surface area contributed by atoms with E-state index in [1.807, 2.05) is 68.0 Å². The zero-order chi connectivity index (χ0) is 19.2. The molecule has 1 N–H and O–H groups in total. The summed E-state index contributed by atoms with van der Waals surface area (Å²) < 4.78 is 2.12. The van der Waals surface area contributed by atoms with E-state index < -0.39 is 0 Å². The van der Waals surface area contributed by atoms with Crippen LogP contribution in [0.2, 0.25) is 0 Å². The lowest BCUT2D eigenvalue weighted by Gasteiger charge is -2.23. The van der Waals surface area contributed by atoms with Crippen LogP contribution in [0, 0.1) is 5.92 Å². The lowest BCUT2D eigenvalue weighted by Crippen LogP contribution is -2.16. The largest absolute Gasteiger partial charge is 0.330 e. The zero-order valence-electron chi connectivity index (χ0n) is 16.0. The van der Waals surface area contributed by atoms with E-state index in [4.69, 9.17) is 0 Å². The van der Waals surface area contributed by atoms with Crippen molar-refractivity contribution >= 4 is 17.7 Å². The average molecular weight is 359 g/mol. The predicted molar refractivity (Wildman–Crippen MR) is 110 cm³/mol. The Kier molecular flexibility index (Phi) is 5.87. The molecule has 27 heavy (non-hydrogen) atoms. The molecular formula is C23H25N3O. The van der Waals surface area contributed by atoms with Crippen LogP contribution < -0.4 is 5.32 Å². The van der Waals surface area contributed by atoms with E-state index in [1.54, 1.807) is 6.20 Å². The van der Waals surface area contributed by atoms with E-state index in [1.165, 1.54) is 5.56 Å². The molecule has 2 aromatic carbocycles. The molecule has 0 saturated heterocycles. The van der Waals surface area contributed by atoms with Gasteiger partial charge in [-0.3, -0.25) is 4.79 Å². The van der Waals surface area contributed by atoms with Crippen LogP contribution in [0.15, 0.2) is 78.9 Å². The molecule has 0 aliphatic rings. The van der Waals surface area contributed by atoms with Gasteiger partial charge in [-0.1, -0.05) is 56.3 Å². The van der Waals surface area contributed by atoms with Gasteiger partial charge in [0.25, 0.3) is 5.91 Å². The first-order valence-electron chi connectivity index (χ1n) is 9.16. The van der Waals surface area contributed by atoms with E-state index >= 15 is 0 Å². The van der Waals surface area contributed by atoms with Gasteiger partial charge < -0.3 is 9.88 Å². The molecular weight excluding hydrogens is 334 g/mol. The smallest absolute Gasteiger partial charge is 0.251 e. The molecule has 1 heterocycles. The molecule has 138 valence electrons. The van der Waals surface area contributed by atoms with Crippen molar-refractivity contribution in [1.29, 1.82) is 0 Å². The summed E-state index contributed by atoms with van der Waals surface area (Å²) in [6.07, 6.45) is 7.51. The second-order valence-corrected chi connectivity index (χ2v) is 7.01. The number of anilines is 1. The van der Waals surface area contributed by atoms with E-state index in [-0.39, 0.29) is 11.9 Å². The van der Waals surface area contributed by atoms with Gasteiger partial charge in [-0.05, 0) is 42.2 Å². The second kappa shape index (κ2) is 8.49. The summed E-state index contributed by atoms with van der Waals surface area (Å²) in [6.45, 7) is 6.21. The van der Waals surface area contributed by atoms with Crippen molar-refractivity contribution in [3.8, 4) is 0 Å². The van der Waals surface area contributed by atoms with Crippen molar-refractivity contribution in [1.82, 2.24) is 9.55 Å². The highest BCUT2D eigenvalue weighted by Crippen LogP contribution is 2.27. The number of imidazole rings is 1. The number of nitrogens with zero attached hydrogens (tertiary/aromatic N) is 2. The number of nitrogens with one attached hydrogen (secondary N) is 1. The minimum absolute atomic E-state index is 0.0957. The first kappa shape index (κ1) is 18.6. The molecule has 1 unspecified atom stereocenters. The van der Waals surface area contributed by atoms with Crippen molar-refractivity contribution in [3.63, 3.8) is 0 Å². The molecule has 0 aliphatic carbocycles. The van der Waals surface area contributed by atoms with Crippen molar-refractivity contribution < 1.29 is 4.79 Å². The highest BCUT2D eigenvalue weighted by Gasteiger charge is 2.17. The van der Waals surface area contributed by atoms with Crippen LogP contribution in [0.4, 0.5) is 5.69 Å². The summed E-state index contributed by atoms with van der Waals surface area (Å²) in [5, 5.41) is 2.97. The molecule has 0 saturated carbocycles. The van der Waals surface area contributed by atoms with Crippen LogP contribution in [0.1, 0.15) is 37.9 Å². The number of amides is 1. The fraction of sp³-hybridized carbons (Fsp3) is 0.217. The van der Waals surface area contributed by atoms with Gasteiger partial charge in [-0.25, -0.2) is 4.98 Å². The zero-order valence-corrected chi connectivity index (χ0v) is 16.0. The summed E-state index contributed by atoms with van der Waals surface area (Å²) in [4.78, 5) is 16.6. The summed E-state index contributed by atoms with van der Waals surface area (Å²) >= 11 is 0. The molecule has 0 radical (unpaired) electrons. The Morgan fingerprint density at radius 2 is 1.78 bits per heavy atom. The van der Waals surface area contributed by atoms with Crippen LogP contribution in [0.3, 0.4) is 0 Å². The molecule has 0 bridgehead atoms. The van der Waals surface area contributed by atoms with Crippen LogP contribution in [-0.4, -0.2) is 15.5 Å². The number of carbonyl (C=O) groups is 1. The lowest BCUT2D eigenvalue weighted by atomic mass is 9.95. The third-order valence-corrected chi connectivity index (χ3v) is 4.53. The number of aromatic nitrogens is 2. The Balaban J connectivity index is 1.72. The number of hydrogen-bond donors (Lipinski definition) is 1. The quantitative estimate of drug-likeness (QED) is 0.617. The molecule has 0 fully saturated rings. The molecule has 4 heteroatoms. The van der Waals surface area contributed by atoms with Gasteiger partial charge in [0.1, 0.15) is 0 Å². The van der Waals surface area contributed by atoms with E-state index in [0.717, 1.165) is 11.3 Å². The van der Waals surface area contributed by atoms with E-state index in [2.05, 4.69) is 40.8 Å². The van der Waals surface area contributed by atoms with Crippen LogP contribution in [-0.2, 0) is 4.79 Å². The van der Waals surface area contributed by atoms with Gasteiger partial charge in [-0.15, -0.1) is 0 Å². The maximum Gasteiger partial charge on any atom is 0.251 e. The maximum absolute atomic E-state index is 12.4. The summed E-state index contributed by atoms with van der Waals surface area (Å²) in [5.41, 5.74) is 3.67. The van der Waals surface area contributed by atoms with Crippen LogP contribution in [0.25, 0.3) is 6.08 Å². The van der Waals surface area contributed by atoms with Gasteiger partial charge in [-0.2, -0.15) is 0 Å². The number of rotatable bonds is 6. The first-order chi connectivity index (χ1) is 13.0. The highest BCUT2D eigenvalue weighted by molar-refractivity contribution is 6.06. The van der Waals surface area contributed by atoms with Crippen LogP contribution in [0.5, 0.6) is 0 Å². The molecule has 0 spiro atoms. The molecule has 0 aliphatic heterocycles. The fourth-order valence-electron chi connectivity index (χ4n) is 3.19. The van der Waals surface area contributed by atoms with Crippen molar-refractivity contribution in [2.75, 3.05) is 5.32 Å². The number of benzene rings is 2. The Bertz CT molecular complexity index is 895. The fourth-order valence-corrected chi connectivity index (χ4v) is 3.19. The number of carbonyl (C=O) groups excluding carboxylic acids is 1. The van der Waals surface area contributed by atoms with Crippen molar-refractivity contribution in [3.05, 3.63) is 90.0 Å². The molecule has 1 atom stereocenters. The predicted octanol–water partition coefficient (Wildman–Crippen LogP) is 5.17. The summed E-state index contributed by atoms with van der Waals surface area (Å²) in [5.74, 6) is 0.331. The van der Waals surface area contributed by atoms with Crippen LogP contribution >= 0.6 is 0 Å². The second-order valence-electron chi connectivity index (χ2n) is 7.01. The van der Waals surface area contributed by atoms with E-state index in [9.17, 15) is 4.79 Å². The van der Waals surface area contributed by atoms with Gasteiger partial charge >= 0.3 is 0 Å². The highest BCUT2D eigenvalue weighted by atomic mass is 16.1. The Morgan fingerprint density at radius 1 is 1.07 bits per heavy atom. The topological polar surface area (TPSA) is 46.9 Å². The van der Waals surface area contributed by atoms with Gasteiger partial charge in [0.15, 0.2) is 0 Å². The molecule has 4 nitrogen and oxygen atoms in total. The third-order valence-electron chi connectivity index (χ3n) is 4.53. The monoisotopic (exact) mass is 359 g/mol. The molecule has 3 rings (SSSR count). The maximum atomic E-state index is 12.4.